The van der Waals surface area contributed by atoms with E-state index in [1.807, 2.05) is 24.3 Å². The molecule has 3 N–H and O–H groups in total. The van der Waals surface area contributed by atoms with Crippen LogP contribution in [0.25, 0.3) is 0 Å². The molecule has 0 bridgehead atoms. The Morgan fingerprint density at radius 2 is 2.14 bits per heavy atom. The maximum absolute atomic E-state index is 11.4. The monoisotopic (exact) mass is 297 g/mol. The minimum absolute atomic E-state index is 0.336. The summed E-state index contributed by atoms with van der Waals surface area (Å²) in [7, 11) is 0. The average Bonchev–Trinajstić information content (AvgIpc) is 2.50. The Bertz CT molecular complexity index is 668. The first-order valence-corrected chi connectivity index (χ1v) is 7.46. The molecule has 114 valence electrons. The van der Waals surface area contributed by atoms with E-state index < -0.39 is 5.91 Å². The lowest BCUT2D eigenvalue weighted by Gasteiger charge is -2.27. The van der Waals surface area contributed by atoms with Gasteiger partial charge >= 0.3 is 0 Å². The average molecular weight is 297 g/mol. The van der Waals surface area contributed by atoms with Crippen LogP contribution in [0, 0.1) is 0 Å². The maximum Gasteiger partial charge on any atom is 0.252 e. The fourth-order valence-electron chi connectivity index (χ4n) is 2.37. The lowest BCUT2D eigenvalue weighted by Crippen LogP contribution is -2.25. The van der Waals surface area contributed by atoms with Crippen LogP contribution in [0.15, 0.2) is 42.7 Å². The second-order valence-corrected chi connectivity index (χ2v) is 5.42. The van der Waals surface area contributed by atoms with Gasteiger partial charge in [-0.25, -0.2) is 0 Å². The number of hydrogen-bond acceptors (Lipinski definition) is 4. The summed E-state index contributed by atoms with van der Waals surface area (Å²) in [6, 6.07) is 9.70. The standard InChI is InChI=1S/C17H19N3O2/c18-17(21)14-11-19-9-8-15(14)20-10-12-4-1-2-7-16(12)22-13-5-3-6-13/h1-2,4,7-9,11,13H,3,5-6,10H2,(H2,18,21)(H,19,20). The van der Waals surface area contributed by atoms with Gasteiger partial charge in [-0.3, -0.25) is 9.78 Å². The Labute approximate surface area is 129 Å². The molecule has 1 heterocycles. The van der Waals surface area contributed by atoms with Crippen molar-refractivity contribution in [2.24, 2.45) is 5.73 Å². The van der Waals surface area contributed by atoms with Gasteiger partial charge < -0.3 is 15.8 Å². The van der Waals surface area contributed by atoms with E-state index in [-0.39, 0.29) is 0 Å². The molecule has 1 amide bonds. The van der Waals surface area contributed by atoms with Crippen molar-refractivity contribution < 1.29 is 9.53 Å². The van der Waals surface area contributed by atoms with Crippen LogP contribution < -0.4 is 15.8 Å². The van der Waals surface area contributed by atoms with Crippen LogP contribution in [-0.2, 0) is 6.54 Å². The summed E-state index contributed by atoms with van der Waals surface area (Å²) in [4.78, 5) is 15.3. The fourth-order valence-corrected chi connectivity index (χ4v) is 2.37. The number of anilines is 1. The molecule has 1 saturated carbocycles. The molecule has 2 aromatic rings. The number of hydrogen-bond donors (Lipinski definition) is 2. The van der Waals surface area contributed by atoms with Crippen molar-refractivity contribution in [3.05, 3.63) is 53.9 Å². The Morgan fingerprint density at radius 1 is 1.32 bits per heavy atom. The molecule has 0 atom stereocenters. The summed E-state index contributed by atoms with van der Waals surface area (Å²) >= 11 is 0. The second-order valence-electron chi connectivity index (χ2n) is 5.42. The SMILES string of the molecule is NC(=O)c1cnccc1NCc1ccccc1OC1CCC1. The summed E-state index contributed by atoms with van der Waals surface area (Å²) in [5, 5.41) is 3.24. The first-order valence-electron chi connectivity index (χ1n) is 7.46. The molecule has 0 saturated heterocycles. The van der Waals surface area contributed by atoms with Crippen LogP contribution in [-0.4, -0.2) is 17.0 Å². The number of rotatable bonds is 6. The van der Waals surface area contributed by atoms with Gasteiger partial charge in [0.2, 0.25) is 0 Å². The zero-order valence-corrected chi connectivity index (χ0v) is 12.3. The summed E-state index contributed by atoms with van der Waals surface area (Å²) < 4.78 is 6.00. The number of nitrogens with two attached hydrogens (primary N) is 1. The molecule has 1 aromatic carbocycles. The molecule has 0 aliphatic heterocycles. The first kappa shape index (κ1) is 14.4. The first-order chi connectivity index (χ1) is 10.7. The molecule has 0 unspecified atom stereocenters. The van der Waals surface area contributed by atoms with Crippen molar-refractivity contribution in [2.45, 2.75) is 31.9 Å². The van der Waals surface area contributed by atoms with Crippen LogP contribution in [0.1, 0.15) is 35.2 Å². The minimum atomic E-state index is -0.491. The number of aromatic nitrogens is 1. The molecule has 3 rings (SSSR count). The number of nitrogens with zero attached hydrogens (tertiary/aromatic N) is 1. The predicted molar refractivity (Wildman–Crippen MR) is 84.8 cm³/mol. The highest BCUT2D eigenvalue weighted by Crippen LogP contribution is 2.28. The van der Waals surface area contributed by atoms with Crippen LogP contribution in [0.5, 0.6) is 5.75 Å². The number of benzene rings is 1. The largest absolute Gasteiger partial charge is 0.490 e. The molecule has 5 nitrogen and oxygen atoms in total. The Morgan fingerprint density at radius 3 is 2.86 bits per heavy atom. The van der Waals surface area contributed by atoms with Crippen LogP contribution in [0.3, 0.4) is 0 Å². The molecule has 0 spiro atoms. The number of pyridine rings is 1. The van der Waals surface area contributed by atoms with Gasteiger partial charge in [0.25, 0.3) is 5.91 Å². The van der Waals surface area contributed by atoms with E-state index in [4.69, 9.17) is 10.5 Å². The molecule has 1 fully saturated rings. The normalized spacial score (nSPS) is 14.2. The van der Waals surface area contributed by atoms with Crippen LogP contribution in [0.2, 0.25) is 0 Å². The van der Waals surface area contributed by atoms with Crippen molar-refractivity contribution in [2.75, 3.05) is 5.32 Å². The number of amides is 1. The molecular formula is C17H19N3O2. The molecule has 22 heavy (non-hydrogen) atoms. The highest BCUT2D eigenvalue weighted by molar-refractivity contribution is 5.98. The number of primary amides is 1. The van der Waals surface area contributed by atoms with Crippen LogP contribution in [0.4, 0.5) is 5.69 Å². The number of nitrogens with one attached hydrogen (secondary N) is 1. The molecule has 1 aromatic heterocycles. The molecule has 5 heteroatoms. The van der Waals surface area contributed by atoms with Gasteiger partial charge in [0.05, 0.1) is 17.4 Å². The lowest BCUT2D eigenvalue weighted by molar-refractivity contribution is 0.100. The summed E-state index contributed by atoms with van der Waals surface area (Å²) in [6.07, 6.45) is 6.93. The van der Waals surface area contributed by atoms with Gasteiger partial charge in [-0.15, -0.1) is 0 Å². The van der Waals surface area contributed by atoms with E-state index in [0.29, 0.717) is 23.9 Å². The Balaban J connectivity index is 1.72. The third-order valence-corrected chi connectivity index (χ3v) is 3.87. The highest BCUT2D eigenvalue weighted by atomic mass is 16.5. The topological polar surface area (TPSA) is 77.2 Å². The quantitative estimate of drug-likeness (QED) is 0.859. The molecule has 1 aliphatic rings. The fraction of sp³-hybridized carbons (Fsp3) is 0.294. The second kappa shape index (κ2) is 6.47. The van der Waals surface area contributed by atoms with E-state index in [9.17, 15) is 4.79 Å². The summed E-state index contributed by atoms with van der Waals surface area (Å²) in [5.41, 5.74) is 7.49. The van der Waals surface area contributed by atoms with Crippen LogP contribution >= 0.6 is 0 Å². The lowest BCUT2D eigenvalue weighted by atomic mass is 9.96. The summed E-state index contributed by atoms with van der Waals surface area (Å²) in [5.74, 6) is 0.406. The predicted octanol–water partition coefficient (Wildman–Crippen LogP) is 2.72. The van der Waals surface area contributed by atoms with Gasteiger partial charge in [0.15, 0.2) is 0 Å². The zero-order valence-electron chi connectivity index (χ0n) is 12.3. The van der Waals surface area contributed by atoms with Crippen molar-refractivity contribution >= 4 is 11.6 Å². The maximum atomic E-state index is 11.4. The van der Waals surface area contributed by atoms with Gasteiger partial charge in [0.1, 0.15) is 5.75 Å². The van der Waals surface area contributed by atoms with Gasteiger partial charge in [0, 0.05) is 24.5 Å². The molecular weight excluding hydrogens is 278 g/mol. The molecule has 0 radical (unpaired) electrons. The number of carbonyl (C=O) groups is 1. The van der Waals surface area contributed by atoms with E-state index in [1.165, 1.54) is 12.6 Å². The summed E-state index contributed by atoms with van der Waals surface area (Å²) in [6.45, 7) is 0.563. The van der Waals surface area contributed by atoms with Gasteiger partial charge in [-0.2, -0.15) is 0 Å². The van der Waals surface area contributed by atoms with E-state index in [1.54, 1.807) is 12.3 Å². The van der Waals surface area contributed by atoms with Gasteiger partial charge in [-0.05, 0) is 31.4 Å². The third kappa shape index (κ3) is 3.19. The highest BCUT2D eigenvalue weighted by Gasteiger charge is 2.20. The van der Waals surface area contributed by atoms with E-state index in [0.717, 1.165) is 24.2 Å². The van der Waals surface area contributed by atoms with E-state index in [2.05, 4.69) is 10.3 Å². The zero-order chi connectivity index (χ0) is 15.4. The Kier molecular flexibility index (Phi) is 4.23. The Hall–Kier alpha value is -2.56. The van der Waals surface area contributed by atoms with Crippen molar-refractivity contribution in [1.82, 2.24) is 4.98 Å². The number of carbonyl (C=O) groups excluding carboxylic acids is 1. The van der Waals surface area contributed by atoms with E-state index >= 15 is 0 Å². The number of ether oxygens (including phenoxy) is 1. The minimum Gasteiger partial charge on any atom is -0.490 e. The van der Waals surface area contributed by atoms with Crippen molar-refractivity contribution in [1.29, 1.82) is 0 Å². The van der Waals surface area contributed by atoms with Crippen molar-refractivity contribution in [3.8, 4) is 5.75 Å². The van der Waals surface area contributed by atoms with Crippen molar-refractivity contribution in [3.63, 3.8) is 0 Å². The third-order valence-electron chi connectivity index (χ3n) is 3.87. The molecule has 1 aliphatic carbocycles. The smallest absolute Gasteiger partial charge is 0.252 e. The van der Waals surface area contributed by atoms with Gasteiger partial charge in [-0.1, -0.05) is 18.2 Å². The number of para-hydroxylation sites is 1.